The van der Waals surface area contributed by atoms with Crippen molar-refractivity contribution in [3.8, 4) is 0 Å². The van der Waals surface area contributed by atoms with E-state index in [4.69, 9.17) is 4.74 Å². The van der Waals surface area contributed by atoms with Gasteiger partial charge in [-0.1, -0.05) is 40.5 Å². The summed E-state index contributed by atoms with van der Waals surface area (Å²) in [6.45, 7) is 11.9. The van der Waals surface area contributed by atoms with Crippen molar-refractivity contribution < 1.29 is 4.74 Å². The number of hydrogen-bond acceptors (Lipinski definition) is 2. The lowest BCUT2D eigenvalue weighted by atomic mass is 10.0. The molecule has 0 aromatic rings. The van der Waals surface area contributed by atoms with Crippen LogP contribution in [0, 0.1) is 5.92 Å². The fourth-order valence-electron chi connectivity index (χ4n) is 1.74. The van der Waals surface area contributed by atoms with Crippen molar-refractivity contribution in [2.45, 2.75) is 65.8 Å². The molecule has 16 heavy (non-hydrogen) atoms. The zero-order chi connectivity index (χ0) is 12.2. The standard InChI is InChI=1S/C14H31NO/c1-5-10-15-14(12-16-11-6-2)9-7-8-13(3)4/h13-15H,5-12H2,1-4H3. The average Bonchev–Trinajstić information content (AvgIpc) is 2.25. The topological polar surface area (TPSA) is 21.3 Å². The van der Waals surface area contributed by atoms with Crippen LogP contribution in [0.5, 0.6) is 0 Å². The number of ether oxygens (including phenoxy) is 1. The molecule has 1 N–H and O–H groups in total. The molecule has 0 heterocycles. The molecule has 0 rings (SSSR count). The van der Waals surface area contributed by atoms with Crippen molar-refractivity contribution in [2.24, 2.45) is 5.92 Å². The highest BCUT2D eigenvalue weighted by Gasteiger charge is 2.07. The first kappa shape index (κ1) is 15.9. The van der Waals surface area contributed by atoms with Crippen LogP contribution in [0.3, 0.4) is 0 Å². The van der Waals surface area contributed by atoms with E-state index in [1.807, 2.05) is 0 Å². The van der Waals surface area contributed by atoms with Gasteiger partial charge in [-0.2, -0.15) is 0 Å². The zero-order valence-corrected chi connectivity index (χ0v) is 11.7. The first-order chi connectivity index (χ1) is 7.70. The second-order valence-corrected chi connectivity index (χ2v) is 5.05. The normalized spacial score (nSPS) is 13.3. The van der Waals surface area contributed by atoms with Gasteiger partial charge < -0.3 is 10.1 Å². The Balaban J connectivity index is 3.62. The molecule has 0 saturated heterocycles. The lowest BCUT2D eigenvalue weighted by Crippen LogP contribution is -2.34. The molecule has 0 amide bonds. The van der Waals surface area contributed by atoms with Crippen molar-refractivity contribution >= 4 is 0 Å². The third-order valence-electron chi connectivity index (χ3n) is 2.68. The molecule has 1 unspecified atom stereocenters. The molecule has 0 aromatic carbocycles. The molecule has 98 valence electrons. The number of rotatable bonds is 11. The van der Waals surface area contributed by atoms with Gasteiger partial charge >= 0.3 is 0 Å². The minimum Gasteiger partial charge on any atom is -0.380 e. The SMILES string of the molecule is CCCNC(CCCC(C)C)COCCC. The van der Waals surface area contributed by atoms with Crippen LogP contribution in [0.25, 0.3) is 0 Å². The first-order valence-corrected chi connectivity index (χ1v) is 7.01. The minimum absolute atomic E-state index is 0.560. The molecule has 0 saturated carbocycles. The van der Waals surface area contributed by atoms with E-state index in [-0.39, 0.29) is 0 Å². The summed E-state index contributed by atoms with van der Waals surface area (Å²) >= 11 is 0. The van der Waals surface area contributed by atoms with Gasteiger partial charge in [-0.15, -0.1) is 0 Å². The van der Waals surface area contributed by atoms with E-state index >= 15 is 0 Å². The summed E-state index contributed by atoms with van der Waals surface area (Å²) in [5.74, 6) is 0.823. The van der Waals surface area contributed by atoms with Crippen LogP contribution >= 0.6 is 0 Å². The lowest BCUT2D eigenvalue weighted by Gasteiger charge is -2.19. The van der Waals surface area contributed by atoms with E-state index in [9.17, 15) is 0 Å². The Labute approximate surface area is 102 Å². The summed E-state index contributed by atoms with van der Waals surface area (Å²) in [5.41, 5.74) is 0. The van der Waals surface area contributed by atoms with E-state index in [0.29, 0.717) is 6.04 Å². The van der Waals surface area contributed by atoms with Crippen LogP contribution in [0.4, 0.5) is 0 Å². The lowest BCUT2D eigenvalue weighted by molar-refractivity contribution is 0.108. The predicted octanol–water partition coefficient (Wildman–Crippen LogP) is 3.61. The summed E-state index contributed by atoms with van der Waals surface area (Å²) in [7, 11) is 0. The Kier molecular flexibility index (Phi) is 11.3. The summed E-state index contributed by atoms with van der Waals surface area (Å²) in [4.78, 5) is 0. The predicted molar refractivity (Wildman–Crippen MR) is 71.9 cm³/mol. The van der Waals surface area contributed by atoms with Gasteiger partial charge in [-0.3, -0.25) is 0 Å². The first-order valence-electron chi connectivity index (χ1n) is 7.01. The van der Waals surface area contributed by atoms with Gasteiger partial charge in [0.25, 0.3) is 0 Å². The highest BCUT2D eigenvalue weighted by Crippen LogP contribution is 2.09. The molecule has 0 aromatic heterocycles. The van der Waals surface area contributed by atoms with Gasteiger partial charge in [0, 0.05) is 12.6 Å². The molecule has 2 nitrogen and oxygen atoms in total. The third-order valence-corrected chi connectivity index (χ3v) is 2.68. The quantitative estimate of drug-likeness (QED) is 0.547. The Hall–Kier alpha value is -0.0800. The van der Waals surface area contributed by atoms with Crippen molar-refractivity contribution in [2.75, 3.05) is 19.8 Å². The molecule has 0 radical (unpaired) electrons. The van der Waals surface area contributed by atoms with Gasteiger partial charge in [0.2, 0.25) is 0 Å². The average molecular weight is 229 g/mol. The van der Waals surface area contributed by atoms with E-state index in [0.717, 1.165) is 32.1 Å². The molecule has 0 spiro atoms. The maximum Gasteiger partial charge on any atom is 0.0619 e. The van der Waals surface area contributed by atoms with Crippen molar-refractivity contribution in [1.82, 2.24) is 5.32 Å². The number of nitrogens with one attached hydrogen (secondary N) is 1. The molecule has 0 fully saturated rings. The molecule has 0 aliphatic heterocycles. The monoisotopic (exact) mass is 229 g/mol. The highest BCUT2D eigenvalue weighted by molar-refractivity contribution is 4.66. The molecule has 0 bridgehead atoms. The van der Waals surface area contributed by atoms with E-state index in [1.165, 1.54) is 25.7 Å². The highest BCUT2D eigenvalue weighted by atomic mass is 16.5. The van der Waals surface area contributed by atoms with Crippen molar-refractivity contribution in [3.05, 3.63) is 0 Å². The zero-order valence-electron chi connectivity index (χ0n) is 11.7. The second-order valence-electron chi connectivity index (χ2n) is 5.05. The fraction of sp³-hybridized carbons (Fsp3) is 1.00. The van der Waals surface area contributed by atoms with E-state index in [1.54, 1.807) is 0 Å². The third kappa shape index (κ3) is 10.4. The molecular formula is C14H31NO. The van der Waals surface area contributed by atoms with Gasteiger partial charge in [0.1, 0.15) is 0 Å². The second kappa shape index (κ2) is 11.4. The summed E-state index contributed by atoms with van der Waals surface area (Å²) < 4.78 is 5.64. The largest absolute Gasteiger partial charge is 0.380 e. The summed E-state index contributed by atoms with van der Waals surface area (Å²) in [6.07, 6.45) is 6.22. The smallest absolute Gasteiger partial charge is 0.0619 e. The summed E-state index contributed by atoms with van der Waals surface area (Å²) in [6, 6.07) is 0.560. The van der Waals surface area contributed by atoms with Crippen molar-refractivity contribution in [3.63, 3.8) is 0 Å². The minimum atomic E-state index is 0.560. The van der Waals surface area contributed by atoms with Crippen molar-refractivity contribution in [1.29, 1.82) is 0 Å². The Morgan fingerprint density at radius 2 is 1.81 bits per heavy atom. The molecule has 0 aliphatic rings. The maximum absolute atomic E-state index is 5.64. The Bertz CT molecular complexity index is 137. The van der Waals surface area contributed by atoms with Crippen LogP contribution in [0.2, 0.25) is 0 Å². The number of hydrogen-bond donors (Lipinski definition) is 1. The van der Waals surface area contributed by atoms with Gasteiger partial charge in [0.15, 0.2) is 0 Å². The maximum atomic E-state index is 5.64. The van der Waals surface area contributed by atoms with E-state index in [2.05, 4.69) is 33.0 Å². The van der Waals surface area contributed by atoms with Crippen LogP contribution in [-0.2, 0) is 4.74 Å². The van der Waals surface area contributed by atoms with Crippen LogP contribution < -0.4 is 5.32 Å². The molecule has 0 aliphatic carbocycles. The summed E-state index contributed by atoms with van der Waals surface area (Å²) in [5, 5.41) is 3.58. The van der Waals surface area contributed by atoms with Gasteiger partial charge in [-0.05, 0) is 31.7 Å². The molecule has 2 heteroatoms. The molecule has 1 atom stereocenters. The van der Waals surface area contributed by atoms with Crippen LogP contribution in [0.1, 0.15) is 59.8 Å². The Morgan fingerprint density at radius 1 is 1.06 bits per heavy atom. The Morgan fingerprint density at radius 3 is 2.38 bits per heavy atom. The van der Waals surface area contributed by atoms with Gasteiger partial charge in [0.05, 0.1) is 6.61 Å². The van der Waals surface area contributed by atoms with Crippen LogP contribution in [0.15, 0.2) is 0 Å². The van der Waals surface area contributed by atoms with E-state index < -0.39 is 0 Å². The van der Waals surface area contributed by atoms with Crippen LogP contribution in [-0.4, -0.2) is 25.8 Å². The van der Waals surface area contributed by atoms with Gasteiger partial charge in [-0.25, -0.2) is 0 Å². The fourth-order valence-corrected chi connectivity index (χ4v) is 1.74. The molecular weight excluding hydrogens is 198 g/mol.